The zero-order chi connectivity index (χ0) is 28.6. The molecule has 2 amide bonds. The summed E-state index contributed by atoms with van der Waals surface area (Å²) in [7, 11) is 1.56. The molecule has 1 fully saturated rings. The summed E-state index contributed by atoms with van der Waals surface area (Å²) in [6.45, 7) is 0.976. The zero-order valence-corrected chi connectivity index (χ0v) is 23.3. The number of ether oxygens (including phenoxy) is 1. The topological polar surface area (TPSA) is 146 Å². The van der Waals surface area contributed by atoms with Gasteiger partial charge in [0.1, 0.15) is 29.6 Å². The average molecular weight is 610 g/mol. The second kappa shape index (κ2) is 10.8. The number of aromatic nitrogens is 5. The smallest absolute Gasteiger partial charge is 0.249 e. The van der Waals surface area contributed by atoms with Crippen molar-refractivity contribution in [1.82, 2.24) is 29.6 Å². The van der Waals surface area contributed by atoms with Crippen LogP contribution >= 0.6 is 15.9 Å². The molecule has 1 saturated heterocycles. The molecule has 4 heterocycles. The molecule has 3 aromatic heterocycles. The van der Waals surface area contributed by atoms with E-state index in [-0.39, 0.29) is 43.3 Å². The number of carbonyl (C=O) groups is 3. The molecule has 0 unspecified atom stereocenters. The van der Waals surface area contributed by atoms with Crippen LogP contribution in [0.5, 0.6) is 0 Å². The van der Waals surface area contributed by atoms with Crippen molar-refractivity contribution in [1.29, 1.82) is 0 Å². The number of hydrogen-bond donors (Lipinski definition) is 1. The number of Topliss-reactive ketones (excluding diaryl/α,β-unsaturated/α-hetero) is 1. The SMILES string of the molecule is COCc1ncc(-c2ccc3c(c2)c(C(C)=O)nn3CC(=O)N2C[C@H](F)C[C@@]2(C(N)=O)c2cccc(Br)n2)cn1. The van der Waals surface area contributed by atoms with Gasteiger partial charge in [0.2, 0.25) is 11.8 Å². The Kier molecular flexibility index (Phi) is 7.43. The quantitative estimate of drug-likeness (QED) is 0.237. The Bertz CT molecular complexity index is 1630. The Hall–Kier alpha value is -4.10. The van der Waals surface area contributed by atoms with E-state index in [4.69, 9.17) is 10.5 Å². The van der Waals surface area contributed by atoms with Crippen molar-refractivity contribution >= 4 is 44.4 Å². The van der Waals surface area contributed by atoms with E-state index >= 15 is 0 Å². The highest BCUT2D eigenvalue weighted by molar-refractivity contribution is 9.10. The van der Waals surface area contributed by atoms with Crippen LogP contribution in [0.2, 0.25) is 0 Å². The molecule has 1 aliphatic rings. The first-order valence-electron chi connectivity index (χ1n) is 12.3. The molecule has 1 aliphatic heterocycles. The predicted octanol–water partition coefficient (Wildman–Crippen LogP) is 2.95. The third-order valence-corrected chi connectivity index (χ3v) is 7.33. The lowest BCUT2D eigenvalue weighted by Crippen LogP contribution is -2.54. The Labute approximate surface area is 236 Å². The van der Waals surface area contributed by atoms with Gasteiger partial charge in [0.05, 0.1) is 17.8 Å². The average Bonchev–Trinajstić information content (AvgIpc) is 3.48. The highest BCUT2D eigenvalue weighted by Crippen LogP contribution is 2.40. The van der Waals surface area contributed by atoms with Gasteiger partial charge in [-0.05, 0) is 45.8 Å². The molecule has 13 heteroatoms. The number of likely N-dealkylation sites (tertiary alicyclic amines) is 1. The highest BCUT2D eigenvalue weighted by atomic mass is 79.9. The lowest BCUT2D eigenvalue weighted by Gasteiger charge is -2.35. The van der Waals surface area contributed by atoms with Gasteiger partial charge in [-0.2, -0.15) is 5.10 Å². The number of amides is 2. The Morgan fingerprint density at radius 2 is 1.93 bits per heavy atom. The number of primary amides is 1. The van der Waals surface area contributed by atoms with Gasteiger partial charge in [-0.1, -0.05) is 12.1 Å². The lowest BCUT2D eigenvalue weighted by atomic mass is 9.90. The number of methoxy groups -OCH3 is 1. The Morgan fingerprint density at radius 1 is 1.18 bits per heavy atom. The van der Waals surface area contributed by atoms with Crippen LogP contribution in [0.4, 0.5) is 4.39 Å². The summed E-state index contributed by atoms with van der Waals surface area (Å²) in [5.41, 5.74) is 6.34. The third kappa shape index (κ3) is 4.86. The summed E-state index contributed by atoms with van der Waals surface area (Å²) in [5, 5.41) is 4.94. The number of halogens is 2. The van der Waals surface area contributed by atoms with E-state index in [1.54, 1.807) is 49.8 Å². The largest absolute Gasteiger partial charge is 0.377 e. The third-order valence-electron chi connectivity index (χ3n) is 6.89. The molecule has 1 aromatic carbocycles. The number of nitrogens with two attached hydrogens (primary N) is 1. The maximum atomic E-state index is 14.8. The fourth-order valence-corrected chi connectivity index (χ4v) is 5.41. The molecule has 4 aromatic rings. The fourth-order valence-electron chi connectivity index (χ4n) is 5.07. The molecule has 2 atom stereocenters. The number of hydrogen-bond acceptors (Lipinski definition) is 8. The van der Waals surface area contributed by atoms with Crippen LogP contribution in [0.3, 0.4) is 0 Å². The van der Waals surface area contributed by atoms with Crippen LogP contribution in [-0.4, -0.2) is 67.1 Å². The van der Waals surface area contributed by atoms with E-state index in [0.717, 1.165) is 16.0 Å². The number of benzene rings is 1. The van der Waals surface area contributed by atoms with Crippen molar-refractivity contribution in [2.24, 2.45) is 5.73 Å². The highest BCUT2D eigenvalue weighted by Gasteiger charge is 2.55. The minimum atomic E-state index is -1.77. The fraction of sp³-hybridized carbons (Fsp3) is 0.296. The molecule has 0 spiro atoms. The molecular weight excluding hydrogens is 585 g/mol. The number of alkyl halides is 1. The van der Waals surface area contributed by atoms with Gasteiger partial charge in [0.15, 0.2) is 17.1 Å². The molecule has 11 nitrogen and oxygen atoms in total. The van der Waals surface area contributed by atoms with Gasteiger partial charge < -0.3 is 15.4 Å². The van der Waals surface area contributed by atoms with E-state index in [1.807, 2.05) is 0 Å². The number of ketones is 1. The monoisotopic (exact) mass is 609 g/mol. The summed E-state index contributed by atoms with van der Waals surface area (Å²) < 4.78 is 21.7. The summed E-state index contributed by atoms with van der Waals surface area (Å²) in [6, 6.07) is 10.1. The van der Waals surface area contributed by atoms with E-state index in [1.165, 1.54) is 17.7 Å². The molecule has 40 heavy (non-hydrogen) atoms. The molecule has 2 N–H and O–H groups in total. The first kappa shape index (κ1) is 27.5. The van der Waals surface area contributed by atoms with Gasteiger partial charge in [-0.3, -0.25) is 19.1 Å². The number of rotatable bonds is 8. The summed E-state index contributed by atoms with van der Waals surface area (Å²) in [6.07, 6.45) is 1.51. The van der Waals surface area contributed by atoms with Crippen molar-refractivity contribution in [2.75, 3.05) is 13.7 Å². The standard InChI is InChI=1S/C27H25BrFN7O4/c1-15(37)25-19-8-16(17-10-31-23(14-40-2)32-11-17)6-7-20(19)36(34-25)13-24(38)35-12-18(29)9-27(35,26(30)39)21-4-3-5-22(28)33-21/h3-8,10-11,18H,9,12-14H2,1-2H3,(H2,30,39)/t18-,27+/m1/s1. The van der Waals surface area contributed by atoms with E-state index < -0.39 is 23.5 Å². The summed E-state index contributed by atoms with van der Waals surface area (Å²) >= 11 is 3.26. The maximum absolute atomic E-state index is 14.8. The van der Waals surface area contributed by atoms with Crippen molar-refractivity contribution in [2.45, 2.75) is 38.2 Å². The van der Waals surface area contributed by atoms with E-state index in [9.17, 15) is 18.8 Å². The van der Waals surface area contributed by atoms with Gasteiger partial charge in [-0.15, -0.1) is 0 Å². The normalized spacial score (nSPS) is 18.8. The second-order valence-corrected chi connectivity index (χ2v) is 10.3. The van der Waals surface area contributed by atoms with Crippen molar-refractivity contribution < 1.29 is 23.5 Å². The molecular formula is C27H25BrFN7O4. The minimum Gasteiger partial charge on any atom is -0.377 e. The van der Waals surface area contributed by atoms with Crippen molar-refractivity contribution in [3.63, 3.8) is 0 Å². The number of fused-ring (bicyclic) bond motifs is 1. The Morgan fingerprint density at radius 3 is 2.58 bits per heavy atom. The number of carbonyl (C=O) groups excluding carboxylic acids is 3. The first-order chi connectivity index (χ1) is 19.1. The van der Waals surface area contributed by atoms with Crippen LogP contribution in [0.1, 0.15) is 35.4 Å². The van der Waals surface area contributed by atoms with E-state index in [2.05, 4.69) is 36.0 Å². The predicted molar refractivity (Wildman–Crippen MR) is 146 cm³/mol. The minimum absolute atomic E-state index is 0.168. The maximum Gasteiger partial charge on any atom is 0.249 e. The van der Waals surface area contributed by atoms with Crippen LogP contribution in [-0.2, 0) is 33.0 Å². The van der Waals surface area contributed by atoms with Gasteiger partial charge in [0, 0.05) is 43.8 Å². The van der Waals surface area contributed by atoms with Crippen LogP contribution in [0, 0.1) is 0 Å². The van der Waals surface area contributed by atoms with Crippen LogP contribution < -0.4 is 5.73 Å². The van der Waals surface area contributed by atoms with Crippen molar-refractivity contribution in [3.8, 4) is 11.1 Å². The summed E-state index contributed by atoms with van der Waals surface area (Å²) in [4.78, 5) is 53.0. The summed E-state index contributed by atoms with van der Waals surface area (Å²) in [5.74, 6) is -1.24. The van der Waals surface area contributed by atoms with Gasteiger partial charge in [-0.25, -0.2) is 19.3 Å². The van der Waals surface area contributed by atoms with Gasteiger partial charge >= 0.3 is 0 Å². The molecule has 0 radical (unpaired) electrons. The molecule has 206 valence electrons. The van der Waals surface area contributed by atoms with Crippen molar-refractivity contribution in [3.05, 3.63) is 70.6 Å². The van der Waals surface area contributed by atoms with E-state index in [0.29, 0.717) is 21.3 Å². The van der Waals surface area contributed by atoms with Crippen LogP contribution in [0.15, 0.2) is 53.4 Å². The first-order valence-corrected chi connectivity index (χ1v) is 13.1. The Balaban J connectivity index is 1.52. The zero-order valence-electron chi connectivity index (χ0n) is 21.7. The lowest BCUT2D eigenvalue weighted by molar-refractivity contribution is -0.145. The molecule has 0 saturated carbocycles. The number of pyridine rings is 1. The van der Waals surface area contributed by atoms with Gasteiger partial charge in [0.25, 0.3) is 0 Å². The second-order valence-electron chi connectivity index (χ2n) is 9.49. The number of nitrogens with zero attached hydrogens (tertiary/aromatic N) is 6. The molecule has 0 bridgehead atoms. The van der Waals surface area contributed by atoms with Crippen LogP contribution in [0.25, 0.3) is 22.0 Å². The molecule has 5 rings (SSSR count). The molecule has 0 aliphatic carbocycles.